The van der Waals surface area contributed by atoms with Crippen LogP contribution in [-0.4, -0.2) is 48.8 Å². The number of fused-ring (bicyclic) bond motifs is 2. The number of nitrogens with one attached hydrogen (secondary N) is 1. The van der Waals surface area contributed by atoms with Gasteiger partial charge < -0.3 is 15.3 Å². The van der Waals surface area contributed by atoms with Crippen molar-refractivity contribution in [2.24, 2.45) is 0 Å². The minimum Gasteiger partial charge on any atom is -0.507 e. The highest BCUT2D eigenvalue weighted by Gasteiger charge is 2.37. The van der Waals surface area contributed by atoms with Gasteiger partial charge in [0.15, 0.2) is 11.6 Å². The molecule has 7 heteroatoms. The third kappa shape index (κ3) is 2.99. The average Bonchev–Trinajstić information content (AvgIpc) is 2.55. The molecule has 0 fully saturated rings. The van der Waals surface area contributed by atoms with Crippen molar-refractivity contribution in [1.82, 2.24) is 4.90 Å². The van der Waals surface area contributed by atoms with Gasteiger partial charge in [-0.1, -0.05) is 23.2 Å². The highest BCUT2D eigenvalue weighted by molar-refractivity contribution is 6.43. The van der Waals surface area contributed by atoms with E-state index in [9.17, 15) is 14.7 Å². The lowest BCUT2D eigenvalue weighted by Crippen LogP contribution is -2.25. The van der Waals surface area contributed by atoms with E-state index in [-0.39, 0.29) is 38.0 Å². The van der Waals surface area contributed by atoms with Crippen LogP contribution in [0.25, 0.3) is 0 Å². The number of rotatable bonds is 4. The number of anilines is 1. The summed E-state index contributed by atoms with van der Waals surface area (Å²) in [5, 5.41) is 13.6. The zero-order valence-electron chi connectivity index (χ0n) is 13.7. The van der Waals surface area contributed by atoms with Crippen molar-refractivity contribution < 1.29 is 14.7 Å². The zero-order chi connectivity index (χ0) is 18.3. The summed E-state index contributed by atoms with van der Waals surface area (Å²) in [4.78, 5) is 27.9. The third-order valence-electron chi connectivity index (χ3n) is 4.07. The van der Waals surface area contributed by atoms with Gasteiger partial charge >= 0.3 is 0 Å². The Morgan fingerprint density at radius 2 is 1.48 bits per heavy atom. The minimum atomic E-state index is -0.473. The van der Waals surface area contributed by atoms with Gasteiger partial charge in [-0.15, -0.1) is 0 Å². The van der Waals surface area contributed by atoms with E-state index in [0.29, 0.717) is 12.2 Å². The van der Waals surface area contributed by atoms with Gasteiger partial charge in [-0.25, -0.2) is 0 Å². The van der Waals surface area contributed by atoms with Crippen LogP contribution in [0.3, 0.4) is 0 Å². The van der Waals surface area contributed by atoms with Gasteiger partial charge in [0.25, 0.3) is 0 Å². The van der Waals surface area contributed by atoms with Gasteiger partial charge in [-0.05, 0) is 38.4 Å². The second kappa shape index (κ2) is 6.67. The summed E-state index contributed by atoms with van der Waals surface area (Å²) >= 11 is 12.3. The van der Waals surface area contributed by atoms with Gasteiger partial charge in [0.2, 0.25) is 0 Å². The molecule has 0 heterocycles. The molecule has 0 saturated carbocycles. The first-order valence-electron chi connectivity index (χ1n) is 7.65. The molecule has 25 heavy (non-hydrogen) atoms. The molecule has 2 N–H and O–H groups in total. The number of nitrogens with zero attached hydrogens (tertiary/aromatic N) is 1. The second-order valence-corrected chi connectivity index (χ2v) is 6.86. The molecule has 5 nitrogen and oxygen atoms in total. The fourth-order valence-electron chi connectivity index (χ4n) is 2.86. The maximum atomic E-state index is 13.0. The predicted octanol–water partition coefficient (Wildman–Crippen LogP) is 3.45. The minimum absolute atomic E-state index is 0.00786. The number of benzene rings is 2. The van der Waals surface area contributed by atoms with Gasteiger partial charge in [0.1, 0.15) is 5.75 Å². The highest BCUT2D eigenvalue weighted by Crippen LogP contribution is 2.41. The lowest BCUT2D eigenvalue weighted by Gasteiger charge is -2.23. The van der Waals surface area contributed by atoms with Crippen LogP contribution in [0, 0.1) is 0 Å². The summed E-state index contributed by atoms with van der Waals surface area (Å²) in [6.07, 6.45) is 0. The second-order valence-electron chi connectivity index (χ2n) is 6.05. The molecule has 0 unspecified atom stereocenters. The maximum absolute atomic E-state index is 13.0. The van der Waals surface area contributed by atoms with Crippen LogP contribution in [-0.2, 0) is 0 Å². The van der Waals surface area contributed by atoms with Crippen molar-refractivity contribution in [2.45, 2.75) is 0 Å². The lowest BCUT2D eigenvalue weighted by atomic mass is 9.82. The largest absolute Gasteiger partial charge is 0.507 e. The van der Waals surface area contributed by atoms with E-state index in [1.165, 1.54) is 12.1 Å². The molecule has 0 radical (unpaired) electrons. The van der Waals surface area contributed by atoms with Crippen LogP contribution in [0.5, 0.6) is 5.75 Å². The number of phenols is 1. The van der Waals surface area contributed by atoms with E-state index in [2.05, 4.69) is 5.32 Å². The van der Waals surface area contributed by atoms with Crippen molar-refractivity contribution in [2.75, 3.05) is 32.5 Å². The summed E-state index contributed by atoms with van der Waals surface area (Å²) in [6, 6.07) is 5.93. The predicted molar refractivity (Wildman–Crippen MR) is 98.5 cm³/mol. The highest BCUT2D eigenvalue weighted by atomic mass is 35.5. The smallest absolute Gasteiger partial charge is 0.200 e. The average molecular weight is 379 g/mol. The molecule has 0 aromatic heterocycles. The van der Waals surface area contributed by atoms with Gasteiger partial charge in [0.05, 0.1) is 32.3 Å². The molecule has 0 saturated heterocycles. The molecule has 0 amide bonds. The van der Waals surface area contributed by atoms with Crippen LogP contribution in [0.2, 0.25) is 10.0 Å². The van der Waals surface area contributed by atoms with E-state index >= 15 is 0 Å². The SMILES string of the molecule is CN(C)CCNc1ccc(Cl)c2c1C(=O)c1c(O)ccc(Cl)c1C2=O. The van der Waals surface area contributed by atoms with Crippen LogP contribution >= 0.6 is 23.2 Å². The van der Waals surface area contributed by atoms with Gasteiger partial charge in [-0.2, -0.15) is 0 Å². The first-order valence-corrected chi connectivity index (χ1v) is 8.40. The summed E-state index contributed by atoms with van der Waals surface area (Å²) in [5.41, 5.74) is 0.696. The number of phenolic OH excluding ortho intramolecular Hbond substituents is 1. The topological polar surface area (TPSA) is 69.6 Å². The van der Waals surface area contributed by atoms with Crippen molar-refractivity contribution >= 4 is 40.5 Å². The van der Waals surface area contributed by atoms with Crippen LogP contribution in [0.15, 0.2) is 24.3 Å². The number of halogens is 2. The Bertz CT molecular complexity index is 894. The normalized spacial score (nSPS) is 13.0. The van der Waals surface area contributed by atoms with Gasteiger partial charge in [0, 0.05) is 18.8 Å². The van der Waals surface area contributed by atoms with E-state index < -0.39 is 11.6 Å². The first kappa shape index (κ1) is 17.7. The molecular formula is C18H16Cl2N2O3. The van der Waals surface area contributed by atoms with E-state index in [1.54, 1.807) is 12.1 Å². The van der Waals surface area contributed by atoms with Crippen LogP contribution in [0.4, 0.5) is 5.69 Å². The van der Waals surface area contributed by atoms with Crippen molar-refractivity contribution in [3.8, 4) is 5.75 Å². The Hall–Kier alpha value is -2.08. The van der Waals surface area contributed by atoms with Gasteiger partial charge in [-0.3, -0.25) is 9.59 Å². The number of likely N-dealkylation sites (N-methyl/N-ethyl adjacent to an activating group) is 1. The summed E-state index contributed by atoms with van der Waals surface area (Å²) in [6.45, 7) is 1.32. The maximum Gasteiger partial charge on any atom is 0.200 e. The number of hydrogen-bond donors (Lipinski definition) is 2. The number of carbonyl (C=O) groups is 2. The molecule has 0 bridgehead atoms. The number of aromatic hydroxyl groups is 1. The molecule has 1 aliphatic rings. The lowest BCUT2D eigenvalue weighted by molar-refractivity contribution is 0.0977. The Labute approximate surface area is 155 Å². The molecule has 0 atom stereocenters. The van der Waals surface area contributed by atoms with E-state index in [1.807, 2.05) is 19.0 Å². The molecular weight excluding hydrogens is 363 g/mol. The van der Waals surface area contributed by atoms with E-state index in [4.69, 9.17) is 23.2 Å². The van der Waals surface area contributed by atoms with Crippen LogP contribution in [0.1, 0.15) is 31.8 Å². The molecule has 130 valence electrons. The monoisotopic (exact) mass is 378 g/mol. The van der Waals surface area contributed by atoms with Crippen molar-refractivity contribution in [3.05, 3.63) is 56.6 Å². The Balaban J connectivity index is 2.16. The molecule has 2 aromatic rings. The molecule has 2 aromatic carbocycles. The van der Waals surface area contributed by atoms with Crippen LogP contribution < -0.4 is 5.32 Å². The Morgan fingerprint density at radius 3 is 2.12 bits per heavy atom. The zero-order valence-corrected chi connectivity index (χ0v) is 15.2. The summed E-state index contributed by atoms with van der Waals surface area (Å²) in [7, 11) is 3.87. The third-order valence-corrected chi connectivity index (χ3v) is 4.70. The fourth-order valence-corrected chi connectivity index (χ4v) is 3.35. The first-order chi connectivity index (χ1) is 11.8. The molecule has 1 aliphatic carbocycles. The Morgan fingerprint density at radius 1 is 0.920 bits per heavy atom. The number of hydrogen-bond acceptors (Lipinski definition) is 5. The van der Waals surface area contributed by atoms with E-state index in [0.717, 1.165) is 6.54 Å². The number of carbonyl (C=O) groups excluding carboxylic acids is 2. The quantitative estimate of drug-likeness (QED) is 0.727. The van der Waals surface area contributed by atoms with Crippen molar-refractivity contribution in [1.29, 1.82) is 0 Å². The standard InChI is InChI=1S/C18H16Cl2N2O3/c1-22(2)8-7-21-11-5-3-9(19)13-15(11)18(25)16-12(23)6-4-10(20)14(16)17(13)24/h3-6,21,23H,7-8H2,1-2H3. The fraction of sp³-hybridized carbons (Fsp3) is 0.222. The summed E-state index contributed by atoms with van der Waals surface area (Å²) < 4.78 is 0. The summed E-state index contributed by atoms with van der Waals surface area (Å²) in [5.74, 6) is -1.21. The molecule has 0 aliphatic heterocycles. The molecule has 3 rings (SSSR count). The number of ketones is 2. The molecule has 0 spiro atoms. The Kier molecular flexibility index (Phi) is 4.73. The van der Waals surface area contributed by atoms with Crippen molar-refractivity contribution in [3.63, 3.8) is 0 Å².